The van der Waals surface area contributed by atoms with Crippen LogP contribution >= 0.6 is 0 Å². The van der Waals surface area contributed by atoms with Gasteiger partial charge < -0.3 is 10.5 Å². The fourth-order valence-electron chi connectivity index (χ4n) is 3.16. The molecule has 0 spiro atoms. The summed E-state index contributed by atoms with van der Waals surface area (Å²) in [6.07, 6.45) is 9.37. The third-order valence-electron chi connectivity index (χ3n) is 4.38. The summed E-state index contributed by atoms with van der Waals surface area (Å²) >= 11 is 0. The maximum Gasteiger partial charge on any atom is 0.0640 e. The van der Waals surface area contributed by atoms with Crippen LogP contribution in [0.2, 0.25) is 0 Å². The normalized spacial score (nSPS) is 26.8. The predicted octanol–water partition coefficient (Wildman–Crippen LogP) is 1.90. The molecule has 2 unspecified atom stereocenters. The van der Waals surface area contributed by atoms with Gasteiger partial charge in [-0.05, 0) is 31.2 Å². The lowest BCUT2D eigenvalue weighted by Crippen LogP contribution is -2.32. The van der Waals surface area contributed by atoms with Crippen LogP contribution in [0.4, 0.5) is 0 Å². The SMILES string of the molecule is NC(Cc1ccn(C2CCCC2)n1)C1CCOC1. The van der Waals surface area contributed by atoms with Crippen LogP contribution in [0.25, 0.3) is 0 Å². The number of rotatable bonds is 4. The molecule has 3 rings (SSSR count). The Morgan fingerprint density at radius 1 is 1.39 bits per heavy atom. The quantitative estimate of drug-likeness (QED) is 0.886. The van der Waals surface area contributed by atoms with E-state index in [-0.39, 0.29) is 6.04 Å². The van der Waals surface area contributed by atoms with Crippen LogP contribution in [-0.4, -0.2) is 29.0 Å². The van der Waals surface area contributed by atoms with Crippen molar-refractivity contribution < 1.29 is 4.74 Å². The smallest absolute Gasteiger partial charge is 0.0640 e. The molecule has 1 aromatic heterocycles. The van der Waals surface area contributed by atoms with E-state index in [0.717, 1.165) is 31.7 Å². The highest BCUT2D eigenvalue weighted by Crippen LogP contribution is 2.29. The average molecular weight is 249 g/mol. The van der Waals surface area contributed by atoms with Gasteiger partial charge in [0.25, 0.3) is 0 Å². The Kier molecular flexibility index (Phi) is 3.66. The van der Waals surface area contributed by atoms with Crippen LogP contribution in [0.5, 0.6) is 0 Å². The van der Waals surface area contributed by atoms with E-state index in [2.05, 4.69) is 16.9 Å². The molecule has 2 aliphatic rings. The zero-order valence-electron chi connectivity index (χ0n) is 10.9. The highest BCUT2D eigenvalue weighted by molar-refractivity contribution is 5.03. The van der Waals surface area contributed by atoms with E-state index in [1.807, 2.05) is 0 Å². The molecule has 4 nitrogen and oxygen atoms in total. The van der Waals surface area contributed by atoms with Crippen LogP contribution in [0.15, 0.2) is 12.3 Å². The molecular weight excluding hydrogens is 226 g/mol. The summed E-state index contributed by atoms with van der Waals surface area (Å²) in [7, 11) is 0. The largest absolute Gasteiger partial charge is 0.381 e. The molecule has 0 bridgehead atoms. The number of hydrogen-bond donors (Lipinski definition) is 1. The molecular formula is C14H23N3O. The topological polar surface area (TPSA) is 53.1 Å². The van der Waals surface area contributed by atoms with Gasteiger partial charge in [-0.3, -0.25) is 4.68 Å². The van der Waals surface area contributed by atoms with Crippen molar-refractivity contribution >= 4 is 0 Å². The number of nitrogens with zero attached hydrogens (tertiary/aromatic N) is 2. The van der Waals surface area contributed by atoms with Gasteiger partial charge in [-0.2, -0.15) is 5.10 Å². The molecule has 4 heteroatoms. The van der Waals surface area contributed by atoms with E-state index in [1.165, 1.54) is 25.7 Å². The molecule has 0 amide bonds. The highest BCUT2D eigenvalue weighted by Gasteiger charge is 2.24. The lowest BCUT2D eigenvalue weighted by molar-refractivity contribution is 0.180. The summed E-state index contributed by atoms with van der Waals surface area (Å²) < 4.78 is 7.55. The van der Waals surface area contributed by atoms with Crippen molar-refractivity contribution in [3.05, 3.63) is 18.0 Å². The fraction of sp³-hybridized carbons (Fsp3) is 0.786. The standard InChI is InChI=1S/C14H23N3O/c15-14(11-6-8-18-10-11)9-12-5-7-17(16-12)13-3-1-2-4-13/h5,7,11,13-14H,1-4,6,8-10,15H2. The summed E-state index contributed by atoms with van der Waals surface area (Å²) in [5, 5.41) is 4.70. The Labute approximate surface area is 108 Å². The molecule has 100 valence electrons. The van der Waals surface area contributed by atoms with Crippen molar-refractivity contribution in [3.63, 3.8) is 0 Å². The molecule has 1 aliphatic heterocycles. The minimum absolute atomic E-state index is 0.194. The van der Waals surface area contributed by atoms with E-state index in [0.29, 0.717) is 12.0 Å². The van der Waals surface area contributed by atoms with Crippen molar-refractivity contribution in [3.8, 4) is 0 Å². The summed E-state index contributed by atoms with van der Waals surface area (Å²) in [5.41, 5.74) is 7.38. The zero-order chi connectivity index (χ0) is 12.4. The molecule has 0 aromatic carbocycles. The highest BCUT2D eigenvalue weighted by atomic mass is 16.5. The summed E-state index contributed by atoms with van der Waals surface area (Å²) in [4.78, 5) is 0. The van der Waals surface area contributed by atoms with Crippen molar-refractivity contribution in [2.75, 3.05) is 13.2 Å². The summed E-state index contributed by atoms with van der Waals surface area (Å²) in [6.45, 7) is 1.69. The molecule has 1 aliphatic carbocycles. The van der Waals surface area contributed by atoms with Gasteiger partial charge in [0.15, 0.2) is 0 Å². The van der Waals surface area contributed by atoms with Crippen LogP contribution in [0, 0.1) is 5.92 Å². The zero-order valence-corrected chi connectivity index (χ0v) is 10.9. The maximum absolute atomic E-state index is 6.24. The summed E-state index contributed by atoms with van der Waals surface area (Å²) in [5.74, 6) is 0.515. The van der Waals surface area contributed by atoms with Gasteiger partial charge in [0, 0.05) is 25.3 Å². The third kappa shape index (κ3) is 2.59. The van der Waals surface area contributed by atoms with Crippen molar-refractivity contribution in [1.29, 1.82) is 0 Å². The molecule has 2 atom stereocenters. The number of aromatic nitrogens is 2. The Morgan fingerprint density at radius 3 is 2.94 bits per heavy atom. The van der Waals surface area contributed by atoms with E-state index < -0.39 is 0 Å². The van der Waals surface area contributed by atoms with Gasteiger partial charge in [0.1, 0.15) is 0 Å². The van der Waals surface area contributed by atoms with E-state index in [9.17, 15) is 0 Å². The second-order valence-electron chi connectivity index (χ2n) is 5.72. The lowest BCUT2D eigenvalue weighted by Gasteiger charge is -2.16. The van der Waals surface area contributed by atoms with Crippen molar-refractivity contribution in [2.45, 2.75) is 50.6 Å². The Hall–Kier alpha value is -0.870. The monoisotopic (exact) mass is 249 g/mol. The maximum atomic E-state index is 6.24. The number of nitrogens with two attached hydrogens (primary N) is 1. The third-order valence-corrected chi connectivity index (χ3v) is 4.38. The van der Waals surface area contributed by atoms with Gasteiger partial charge >= 0.3 is 0 Å². The first-order chi connectivity index (χ1) is 8.83. The first-order valence-corrected chi connectivity index (χ1v) is 7.20. The van der Waals surface area contributed by atoms with Gasteiger partial charge in [-0.1, -0.05) is 12.8 Å². The van der Waals surface area contributed by atoms with Crippen molar-refractivity contribution in [1.82, 2.24) is 9.78 Å². The van der Waals surface area contributed by atoms with Crippen LogP contribution in [0.3, 0.4) is 0 Å². The van der Waals surface area contributed by atoms with E-state index in [1.54, 1.807) is 0 Å². The molecule has 2 fully saturated rings. The molecule has 1 saturated carbocycles. The minimum atomic E-state index is 0.194. The second kappa shape index (κ2) is 5.41. The van der Waals surface area contributed by atoms with Crippen LogP contribution < -0.4 is 5.73 Å². The minimum Gasteiger partial charge on any atom is -0.381 e. The average Bonchev–Trinajstić information content (AvgIpc) is 3.12. The molecule has 1 aromatic rings. The fourth-order valence-corrected chi connectivity index (χ4v) is 3.16. The molecule has 1 saturated heterocycles. The van der Waals surface area contributed by atoms with Crippen LogP contribution in [0.1, 0.15) is 43.8 Å². The van der Waals surface area contributed by atoms with Crippen molar-refractivity contribution in [2.24, 2.45) is 11.7 Å². The van der Waals surface area contributed by atoms with E-state index >= 15 is 0 Å². The Balaban J connectivity index is 1.58. The Morgan fingerprint density at radius 2 is 2.22 bits per heavy atom. The van der Waals surface area contributed by atoms with Gasteiger partial charge in [0.2, 0.25) is 0 Å². The van der Waals surface area contributed by atoms with Gasteiger partial charge in [-0.15, -0.1) is 0 Å². The predicted molar refractivity (Wildman–Crippen MR) is 70.3 cm³/mol. The molecule has 18 heavy (non-hydrogen) atoms. The number of hydrogen-bond acceptors (Lipinski definition) is 3. The first-order valence-electron chi connectivity index (χ1n) is 7.20. The second-order valence-corrected chi connectivity index (χ2v) is 5.72. The molecule has 0 radical (unpaired) electrons. The Bertz CT molecular complexity index is 378. The first kappa shape index (κ1) is 12.2. The summed E-state index contributed by atoms with van der Waals surface area (Å²) in [6, 6.07) is 2.96. The van der Waals surface area contributed by atoms with E-state index in [4.69, 9.17) is 15.6 Å². The van der Waals surface area contributed by atoms with Crippen LogP contribution in [-0.2, 0) is 11.2 Å². The molecule has 2 N–H and O–H groups in total. The molecule has 2 heterocycles. The number of ether oxygens (including phenoxy) is 1. The van der Waals surface area contributed by atoms with Gasteiger partial charge in [-0.25, -0.2) is 0 Å². The van der Waals surface area contributed by atoms with Gasteiger partial charge in [0.05, 0.1) is 18.3 Å². The lowest BCUT2D eigenvalue weighted by atomic mass is 9.96.